The number of rotatable bonds is 2. The van der Waals surface area contributed by atoms with Gasteiger partial charge in [0.1, 0.15) is 5.75 Å². The third-order valence-electron chi connectivity index (χ3n) is 2.39. The molecule has 0 bridgehead atoms. The molecule has 88 valence electrons. The summed E-state index contributed by atoms with van der Waals surface area (Å²) in [5.74, 6) is -0.430. The van der Waals surface area contributed by atoms with Crippen molar-refractivity contribution < 1.29 is 14.2 Å². The number of benzene rings is 2. The van der Waals surface area contributed by atoms with Crippen molar-refractivity contribution in [2.75, 3.05) is 7.11 Å². The van der Waals surface area contributed by atoms with E-state index in [2.05, 4.69) is 0 Å². The lowest BCUT2D eigenvalue weighted by Crippen LogP contribution is -1.85. The summed E-state index contributed by atoms with van der Waals surface area (Å²) in [6.07, 6.45) is 0. The van der Waals surface area contributed by atoms with E-state index in [0.29, 0.717) is 16.3 Å². The molecule has 0 saturated carbocycles. The van der Waals surface area contributed by atoms with Gasteiger partial charge in [0.05, 0.1) is 7.11 Å². The van der Waals surface area contributed by atoms with Crippen molar-refractivity contribution >= 4 is 11.6 Å². The van der Waals surface area contributed by atoms with Crippen molar-refractivity contribution in [3.63, 3.8) is 0 Å². The molecule has 0 saturated heterocycles. The predicted octanol–water partition coefficient (Wildman–Crippen LogP) is 3.86. The third-order valence-corrected chi connectivity index (χ3v) is 2.60. The van der Waals surface area contributed by atoms with Crippen molar-refractivity contribution in [2.24, 2.45) is 0 Å². The van der Waals surface area contributed by atoms with Gasteiger partial charge < -0.3 is 9.84 Å². The summed E-state index contributed by atoms with van der Waals surface area (Å²) in [6.45, 7) is 0. The highest BCUT2D eigenvalue weighted by Gasteiger charge is 2.06. The number of phenols is 1. The lowest BCUT2D eigenvalue weighted by atomic mass is 10.1. The molecule has 2 rings (SSSR count). The SMILES string of the molecule is COc1cc(Cl)cc(-c2ccc(F)c(O)c2)c1. The number of hydrogen-bond acceptors (Lipinski definition) is 2. The van der Waals surface area contributed by atoms with E-state index in [1.165, 1.54) is 19.2 Å². The Kier molecular flexibility index (Phi) is 3.20. The van der Waals surface area contributed by atoms with Crippen LogP contribution in [0.4, 0.5) is 4.39 Å². The lowest BCUT2D eigenvalue weighted by Gasteiger charge is -2.07. The van der Waals surface area contributed by atoms with Gasteiger partial charge in [-0.2, -0.15) is 0 Å². The summed E-state index contributed by atoms with van der Waals surface area (Å²) >= 11 is 5.93. The highest BCUT2D eigenvalue weighted by molar-refractivity contribution is 6.31. The molecule has 0 atom stereocenters. The Morgan fingerprint density at radius 1 is 1.12 bits per heavy atom. The van der Waals surface area contributed by atoms with Crippen LogP contribution < -0.4 is 4.74 Å². The van der Waals surface area contributed by atoms with Crippen LogP contribution in [0, 0.1) is 5.82 Å². The van der Waals surface area contributed by atoms with E-state index in [9.17, 15) is 9.50 Å². The van der Waals surface area contributed by atoms with E-state index < -0.39 is 5.82 Å². The lowest BCUT2D eigenvalue weighted by molar-refractivity contribution is 0.415. The van der Waals surface area contributed by atoms with E-state index >= 15 is 0 Å². The maximum absolute atomic E-state index is 12.9. The smallest absolute Gasteiger partial charge is 0.164 e. The van der Waals surface area contributed by atoms with Crippen molar-refractivity contribution in [3.8, 4) is 22.6 Å². The highest BCUT2D eigenvalue weighted by atomic mass is 35.5. The number of hydrogen-bond donors (Lipinski definition) is 1. The minimum atomic E-state index is -0.650. The molecule has 0 aliphatic rings. The molecule has 0 amide bonds. The monoisotopic (exact) mass is 252 g/mol. The van der Waals surface area contributed by atoms with Crippen LogP contribution in [0.2, 0.25) is 5.02 Å². The van der Waals surface area contributed by atoms with E-state index in [4.69, 9.17) is 16.3 Å². The predicted molar refractivity (Wildman–Crippen MR) is 65.1 cm³/mol. The summed E-state index contributed by atoms with van der Waals surface area (Å²) in [6, 6.07) is 9.28. The molecular weight excluding hydrogens is 243 g/mol. The number of phenolic OH excluding ortho intramolecular Hbond substituents is 1. The maximum Gasteiger partial charge on any atom is 0.164 e. The van der Waals surface area contributed by atoms with Crippen LogP contribution >= 0.6 is 11.6 Å². The second-order valence-corrected chi connectivity index (χ2v) is 3.98. The Hall–Kier alpha value is -1.74. The molecule has 0 unspecified atom stereocenters. The van der Waals surface area contributed by atoms with Crippen LogP contribution in [-0.4, -0.2) is 12.2 Å². The van der Waals surface area contributed by atoms with E-state index in [-0.39, 0.29) is 5.75 Å². The summed E-state index contributed by atoms with van der Waals surface area (Å²) < 4.78 is 18.0. The normalized spacial score (nSPS) is 10.3. The zero-order chi connectivity index (χ0) is 12.4. The van der Waals surface area contributed by atoms with Crippen molar-refractivity contribution in [1.82, 2.24) is 0 Å². The van der Waals surface area contributed by atoms with Gasteiger partial charge in [0.25, 0.3) is 0 Å². The Balaban J connectivity index is 2.52. The quantitative estimate of drug-likeness (QED) is 0.879. The number of ether oxygens (including phenoxy) is 1. The van der Waals surface area contributed by atoms with Crippen LogP contribution in [0.3, 0.4) is 0 Å². The van der Waals surface area contributed by atoms with Gasteiger partial charge in [-0.3, -0.25) is 0 Å². The second kappa shape index (κ2) is 4.63. The first kappa shape index (κ1) is 11.7. The van der Waals surface area contributed by atoms with Crippen LogP contribution in [0.5, 0.6) is 11.5 Å². The van der Waals surface area contributed by atoms with Gasteiger partial charge in [0, 0.05) is 5.02 Å². The van der Waals surface area contributed by atoms with E-state index in [1.54, 1.807) is 24.3 Å². The van der Waals surface area contributed by atoms with Crippen molar-refractivity contribution in [1.29, 1.82) is 0 Å². The van der Waals surface area contributed by atoms with Gasteiger partial charge in [-0.05, 0) is 41.5 Å². The molecule has 0 aliphatic carbocycles. The topological polar surface area (TPSA) is 29.5 Å². The maximum atomic E-state index is 12.9. The van der Waals surface area contributed by atoms with Gasteiger partial charge in [-0.15, -0.1) is 0 Å². The van der Waals surface area contributed by atoms with E-state index in [0.717, 1.165) is 5.56 Å². The van der Waals surface area contributed by atoms with E-state index in [1.807, 2.05) is 0 Å². The van der Waals surface area contributed by atoms with Crippen molar-refractivity contribution in [3.05, 3.63) is 47.2 Å². The standard InChI is InChI=1S/C13H10ClFO2/c1-17-11-5-9(4-10(14)7-11)8-2-3-12(15)13(16)6-8/h2-7,16H,1H3. The van der Waals surface area contributed by atoms with Gasteiger partial charge >= 0.3 is 0 Å². The minimum absolute atomic E-state index is 0.388. The molecule has 0 aromatic heterocycles. The van der Waals surface area contributed by atoms with Crippen LogP contribution in [0.25, 0.3) is 11.1 Å². The molecule has 0 aliphatic heterocycles. The number of halogens is 2. The fourth-order valence-corrected chi connectivity index (χ4v) is 1.76. The Labute approximate surface area is 103 Å². The van der Waals surface area contributed by atoms with Crippen molar-refractivity contribution in [2.45, 2.75) is 0 Å². The first-order valence-corrected chi connectivity index (χ1v) is 5.31. The summed E-state index contributed by atoms with van der Waals surface area (Å²) in [4.78, 5) is 0. The first-order valence-electron chi connectivity index (χ1n) is 4.93. The zero-order valence-electron chi connectivity index (χ0n) is 9.08. The van der Waals surface area contributed by atoms with Crippen LogP contribution in [0.15, 0.2) is 36.4 Å². The molecule has 2 aromatic rings. The number of methoxy groups -OCH3 is 1. The largest absolute Gasteiger partial charge is 0.505 e. The average Bonchev–Trinajstić information content (AvgIpc) is 2.32. The summed E-state index contributed by atoms with van der Waals surface area (Å²) in [5.41, 5.74) is 1.43. The van der Waals surface area contributed by atoms with Crippen LogP contribution in [-0.2, 0) is 0 Å². The fourth-order valence-electron chi connectivity index (χ4n) is 1.54. The average molecular weight is 253 g/mol. The zero-order valence-corrected chi connectivity index (χ0v) is 9.83. The van der Waals surface area contributed by atoms with Gasteiger partial charge in [0.2, 0.25) is 0 Å². The Bertz CT molecular complexity index is 555. The molecule has 0 radical (unpaired) electrons. The minimum Gasteiger partial charge on any atom is -0.505 e. The fraction of sp³-hybridized carbons (Fsp3) is 0.0769. The molecule has 0 spiro atoms. The number of aromatic hydroxyl groups is 1. The highest BCUT2D eigenvalue weighted by Crippen LogP contribution is 2.30. The van der Waals surface area contributed by atoms with Crippen LogP contribution in [0.1, 0.15) is 0 Å². The first-order chi connectivity index (χ1) is 8.10. The molecule has 0 fully saturated rings. The molecule has 1 N–H and O–H groups in total. The molecule has 4 heteroatoms. The molecule has 0 heterocycles. The third kappa shape index (κ3) is 2.50. The molecule has 17 heavy (non-hydrogen) atoms. The Morgan fingerprint density at radius 3 is 2.53 bits per heavy atom. The van der Waals surface area contributed by atoms with Gasteiger partial charge in [-0.1, -0.05) is 17.7 Å². The van der Waals surface area contributed by atoms with Gasteiger partial charge in [0.15, 0.2) is 11.6 Å². The second-order valence-electron chi connectivity index (χ2n) is 3.55. The molecule has 2 aromatic carbocycles. The molecular formula is C13H10ClFO2. The van der Waals surface area contributed by atoms with Gasteiger partial charge in [-0.25, -0.2) is 4.39 Å². The Morgan fingerprint density at radius 2 is 1.88 bits per heavy atom. The summed E-state index contributed by atoms with van der Waals surface area (Å²) in [5, 5.41) is 9.83. The summed E-state index contributed by atoms with van der Waals surface area (Å²) in [7, 11) is 1.54. The molecule has 2 nitrogen and oxygen atoms in total.